The summed E-state index contributed by atoms with van der Waals surface area (Å²) in [7, 11) is 0. The Morgan fingerprint density at radius 3 is 2.63 bits per heavy atom. The highest BCUT2D eigenvalue weighted by atomic mass is 32.2. The van der Waals surface area contributed by atoms with E-state index in [4.69, 9.17) is 12.2 Å². The third-order valence-electron chi connectivity index (χ3n) is 3.57. The number of nitrogens with one attached hydrogen (secondary N) is 1. The monoisotopic (exact) mass is 433 g/mol. The van der Waals surface area contributed by atoms with E-state index in [0.717, 1.165) is 15.8 Å². The highest BCUT2D eigenvalue weighted by molar-refractivity contribution is 8.01. The van der Waals surface area contributed by atoms with Gasteiger partial charge in [0.1, 0.15) is 0 Å². The number of para-hydroxylation sites is 1. The molecule has 0 bridgehead atoms. The van der Waals surface area contributed by atoms with Crippen LogP contribution in [0.4, 0.5) is 0 Å². The van der Waals surface area contributed by atoms with Gasteiger partial charge in [-0.1, -0.05) is 59.0 Å². The zero-order valence-corrected chi connectivity index (χ0v) is 18.0. The highest BCUT2D eigenvalue weighted by Gasteiger charge is 2.09. The number of rotatable bonds is 8. The number of hydrogen-bond donors (Lipinski definition) is 1. The first-order valence-corrected chi connectivity index (χ1v) is 11.6. The second-order valence-electron chi connectivity index (χ2n) is 5.68. The molecular formula is C19H19N3OS4. The molecule has 140 valence electrons. The fourth-order valence-electron chi connectivity index (χ4n) is 2.22. The third-order valence-corrected chi connectivity index (χ3v) is 6.95. The topological polar surface area (TPSA) is 46.9 Å². The molecule has 1 heterocycles. The van der Waals surface area contributed by atoms with Crippen LogP contribution in [-0.2, 0) is 4.79 Å². The molecule has 0 aliphatic carbocycles. The maximum atomic E-state index is 12.0. The lowest BCUT2D eigenvalue weighted by Crippen LogP contribution is -2.27. The molecule has 0 aliphatic heterocycles. The molecule has 1 aromatic heterocycles. The van der Waals surface area contributed by atoms with Crippen LogP contribution in [0.15, 0.2) is 63.8 Å². The van der Waals surface area contributed by atoms with E-state index in [2.05, 4.69) is 41.6 Å². The molecule has 8 heteroatoms. The average molecular weight is 434 g/mol. The van der Waals surface area contributed by atoms with E-state index < -0.39 is 0 Å². The molecule has 0 fully saturated rings. The average Bonchev–Trinajstić information content (AvgIpc) is 3.06. The fourth-order valence-corrected chi connectivity index (χ4v) is 5.18. The molecule has 1 amide bonds. The summed E-state index contributed by atoms with van der Waals surface area (Å²) >= 11 is 9.96. The van der Waals surface area contributed by atoms with E-state index in [1.165, 1.54) is 33.6 Å². The van der Waals surface area contributed by atoms with Crippen LogP contribution in [0.5, 0.6) is 0 Å². The number of carbonyl (C=O) groups is 1. The Morgan fingerprint density at radius 2 is 1.89 bits per heavy atom. The number of thioether (sulfide) groups is 2. The van der Waals surface area contributed by atoms with Crippen LogP contribution in [0.1, 0.15) is 5.56 Å². The lowest BCUT2D eigenvalue weighted by atomic mass is 10.2. The van der Waals surface area contributed by atoms with E-state index in [1.54, 1.807) is 16.4 Å². The molecule has 3 aromatic rings. The third kappa shape index (κ3) is 6.21. The predicted octanol–water partition coefficient (Wildman–Crippen LogP) is 4.97. The molecule has 1 N–H and O–H groups in total. The summed E-state index contributed by atoms with van der Waals surface area (Å²) in [5.41, 5.74) is 2.19. The standard InChI is InChI=1S/C19H19N3OS4/c1-14-7-9-16(10-8-14)25-12-11-20-17(23)13-26-18-21-22(19(24)27-18)15-5-3-2-4-6-15/h2-10H,11-13H2,1H3,(H,20,23). The summed E-state index contributed by atoms with van der Waals surface area (Å²) in [6, 6.07) is 18.2. The minimum atomic E-state index is 0.0110. The van der Waals surface area contributed by atoms with Crippen molar-refractivity contribution in [3.05, 3.63) is 64.1 Å². The Labute approximate surface area is 176 Å². The Morgan fingerprint density at radius 1 is 1.15 bits per heavy atom. The largest absolute Gasteiger partial charge is 0.355 e. The molecule has 4 nitrogen and oxygen atoms in total. The van der Waals surface area contributed by atoms with E-state index >= 15 is 0 Å². The van der Waals surface area contributed by atoms with Gasteiger partial charge in [0.05, 0.1) is 11.4 Å². The Bertz CT molecular complexity index is 936. The van der Waals surface area contributed by atoms with Crippen LogP contribution < -0.4 is 5.32 Å². The van der Waals surface area contributed by atoms with Crippen molar-refractivity contribution in [1.82, 2.24) is 15.1 Å². The summed E-state index contributed by atoms with van der Waals surface area (Å²) in [4.78, 5) is 13.3. The molecule has 0 unspecified atom stereocenters. The molecular weight excluding hydrogens is 414 g/mol. The predicted molar refractivity (Wildman–Crippen MR) is 118 cm³/mol. The minimum absolute atomic E-state index is 0.0110. The summed E-state index contributed by atoms with van der Waals surface area (Å²) in [6.45, 7) is 2.72. The number of nitrogens with zero attached hydrogens (tertiary/aromatic N) is 2. The fraction of sp³-hybridized carbons (Fsp3) is 0.211. The number of hydrogen-bond acceptors (Lipinski definition) is 6. The van der Waals surface area contributed by atoms with Gasteiger partial charge in [-0.3, -0.25) is 4.79 Å². The maximum Gasteiger partial charge on any atom is 0.230 e. The van der Waals surface area contributed by atoms with Gasteiger partial charge in [0.25, 0.3) is 0 Å². The lowest BCUT2D eigenvalue weighted by Gasteiger charge is -2.05. The summed E-state index contributed by atoms with van der Waals surface area (Å²) in [6.07, 6.45) is 0. The SMILES string of the molecule is Cc1ccc(SCCNC(=O)CSc2nn(-c3ccccc3)c(=S)s2)cc1. The molecule has 0 aliphatic rings. The smallest absolute Gasteiger partial charge is 0.230 e. The molecule has 0 saturated heterocycles. The second kappa shape index (κ2) is 10.1. The van der Waals surface area contributed by atoms with Gasteiger partial charge in [0, 0.05) is 17.2 Å². The highest BCUT2D eigenvalue weighted by Crippen LogP contribution is 2.24. The maximum absolute atomic E-state index is 12.0. The molecule has 0 spiro atoms. The minimum Gasteiger partial charge on any atom is -0.355 e. The molecule has 0 atom stereocenters. The first-order valence-electron chi connectivity index (χ1n) is 8.36. The zero-order chi connectivity index (χ0) is 19.1. The van der Waals surface area contributed by atoms with Crippen molar-refractivity contribution < 1.29 is 4.79 Å². The van der Waals surface area contributed by atoms with Gasteiger partial charge < -0.3 is 5.32 Å². The van der Waals surface area contributed by atoms with Crippen molar-refractivity contribution >= 4 is 53.0 Å². The van der Waals surface area contributed by atoms with E-state index in [-0.39, 0.29) is 5.91 Å². The Kier molecular flexibility index (Phi) is 7.51. The van der Waals surface area contributed by atoms with Crippen LogP contribution >= 0.6 is 47.1 Å². The van der Waals surface area contributed by atoms with Crippen LogP contribution in [-0.4, -0.2) is 33.7 Å². The normalized spacial score (nSPS) is 10.7. The number of carbonyl (C=O) groups excluding carboxylic acids is 1. The molecule has 2 aromatic carbocycles. The van der Waals surface area contributed by atoms with Crippen LogP contribution in [0.2, 0.25) is 0 Å². The number of aryl methyl sites for hydroxylation is 1. The van der Waals surface area contributed by atoms with Crippen molar-refractivity contribution in [3.63, 3.8) is 0 Å². The molecule has 3 rings (SSSR count). The Hall–Kier alpha value is -1.61. The molecule has 0 saturated carbocycles. The molecule has 27 heavy (non-hydrogen) atoms. The lowest BCUT2D eigenvalue weighted by molar-refractivity contribution is -0.118. The Balaban J connectivity index is 1.41. The van der Waals surface area contributed by atoms with E-state index in [0.29, 0.717) is 16.3 Å². The van der Waals surface area contributed by atoms with Crippen molar-refractivity contribution in [1.29, 1.82) is 0 Å². The van der Waals surface area contributed by atoms with Crippen molar-refractivity contribution in [2.45, 2.75) is 16.2 Å². The van der Waals surface area contributed by atoms with E-state index in [9.17, 15) is 4.79 Å². The van der Waals surface area contributed by atoms with Crippen LogP contribution in [0.25, 0.3) is 5.69 Å². The summed E-state index contributed by atoms with van der Waals surface area (Å²) in [5, 5.41) is 7.46. The summed E-state index contributed by atoms with van der Waals surface area (Å²) < 4.78 is 3.21. The number of aromatic nitrogens is 2. The quantitative estimate of drug-likeness (QED) is 0.309. The second-order valence-corrected chi connectivity index (χ2v) is 9.69. The van der Waals surface area contributed by atoms with Crippen LogP contribution in [0.3, 0.4) is 0 Å². The van der Waals surface area contributed by atoms with Crippen molar-refractivity contribution in [2.24, 2.45) is 0 Å². The van der Waals surface area contributed by atoms with Gasteiger partial charge >= 0.3 is 0 Å². The van der Waals surface area contributed by atoms with Gasteiger partial charge in [0.15, 0.2) is 8.29 Å². The van der Waals surface area contributed by atoms with Gasteiger partial charge in [-0.2, -0.15) is 0 Å². The number of benzene rings is 2. The van der Waals surface area contributed by atoms with Crippen LogP contribution in [0, 0.1) is 10.9 Å². The molecule has 0 radical (unpaired) electrons. The van der Waals surface area contributed by atoms with Gasteiger partial charge in [0.2, 0.25) is 5.91 Å². The first-order chi connectivity index (χ1) is 13.1. The van der Waals surface area contributed by atoms with E-state index in [1.807, 2.05) is 30.3 Å². The zero-order valence-electron chi connectivity index (χ0n) is 14.8. The number of amides is 1. The van der Waals surface area contributed by atoms with Crippen molar-refractivity contribution in [2.75, 3.05) is 18.1 Å². The van der Waals surface area contributed by atoms with Gasteiger partial charge in [-0.25, -0.2) is 4.68 Å². The van der Waals surface area contributed by atoms with Crippen molar-refractivity contribution in [3.8, 4) is 5.69 Å². The first kappa shape index (κ1) is 20.1. The summed E-state index contributed by atoms with van der Waals surface area (Å²) in [5.74, 6) is 1.20. The van der Waals surface area contributed by atoms with Gasteiger partial charge in [-0.15, -0.1) is 16.9 Å². The van der Waals surface area contributed by atoms with Gasteiger partial charge in [-0.05, 0) is 43.4 Å².